The minimum atomic E-state index is -1.51. The van der Waals surface area contributed by atoms with E-state index in [1.54, 1.807) is 6.07 Å². The van der Waals surface area contributed by atoms with Gasteiger partial charge in [0, 0.05) is 17.2 Å². The molecule has 3 nitrogen and oxygen atoms in total. The molecule has 0 bridgehead atoms. The Kier molecular flexibility index (Phi) is 2.99. The van der Waals surface area contributed by atoms with Crippen LogP contribution in [0.5, 0.6) is 5.75 Å². The van der Waals surface area contributed by atoms with Gasteiger partial charge in [-0.05, 0) is 12.8 Å². The Morgan fingerprint density at radius 3 is 3.06 bits per heavy atom. The zero-order chi connectivity index (χ0) is 11.7. The van der Waals surface area contributed by atoms with Crippen molar-refractivity contribution in [2.45, 2.75) is 18.9 Å². The molecule has 0 aliphatic carbocycles. The molecule has 1 aliphatic rings. The maximum Gasteiger partial charge on any atom is 0.169 e. The summed E-state index contributed by atoms with van der Waals surface area (Å²) in [7, 11) is 0. The number of benzene rings is 1. The van der Waals surface area contributed by atoms with Crippen molar-refractivity contribution in [3.8, 4) is 11.8 Å². The zero-order valence-corrected chi connectivity index (χ0v) is 9.09. The Balaban J connectivity index is 2.64. The number of halogens is 2. The third-order valence-corrected chi connectivity index (χ3v) is 2.83. The second-order valence-corrected chi connectivity index (χ2v) is 3.95. The number of fused-ring (bicyclic) bond motifs is 1. The summed E-state index contributed by atoms with van der Waals surface area (Å²) in [4.78, 5) is 0. The monoisotopic (exact) mass is 241 g/mol. The molecule has 0 aromatic heterocycles. The molecule has 1 aromatic rings. The Bertz CT molecular complexity index is 470. The number of nitriles is 1. The number of aliphatic hydroxyl groups is 1. The second kappa shape index (κ2) is 4.28. The van der Waals surface area contributed by atoms with E-state index in [1.165, 1.54) is 6.07 Å². The van der Waals surface area contributed by atoms with E-state index in [4.69, 9.17) is 21.6 Å². The van der Waals surface area contributed by atoms with Gasteiger partial charge in [0.15, 0.2) is 6.10 Å². The summed E-state index contributed by atoms with van der Waals surface area (Å²) in [5, 5.41) is 18.0. The normalized spacial score (nSPS) is 15.9. The predicted octanol–water partition coefficient (Wildman–Crippen LogP) is 2.36. The van der Waals surface area contributed by atoms with E-state index in [-0.39, 0.29) is 10.6 Å². The average molecular weight is 242 g/mol. The zero-order valence-electron chi connectivity index (χ0n) is 8.33. The molecule has 0 amide bonds. The van der Waals surface area contributed by atoms with Gasteiger partial charge in [-0.1, -0.05) is 11.6 Å². The first-order valence-electron chi connectivity index (χ1n) is 4.86. The maximum absolute atomic E-state index is 13.7. The Morgan fingerprint density at radius 2 is 2.38 bits per heavy atom. The van der Waals surface area contributed by atoms with Crippen molar-refractivity contribution in [3.05, 3.63) is 28.0 Å². The quantitative estimate of drug-likeness (QED) is 0.768. The molecule has 5 heteroatoms. The minimum absolute atomic E-state index is 0.0512. The fourth-order valence-electron chi connectivity index (χ4n) is 1.83. The molecule has 2 rings (SSSR count). The van der Waals surface area contributed by atoms with Gasteiger partial charge in [-0.25, -0.2) is 4.39 Å². The van der Waals surface area contributed by atoms with Gasteiger partial charge >= 0.3 is 0 Å². The van der Waals surface area contributed by atoms with Crippen molar-refractivity contribution in [2.75, 3.05) is 6.61 Å². The summed E-state index contributed by atoms with van der Waals surface area (Å²) in [5.74, 6) is -0.276. The summed E-state index contributed by atoms with van der Waals surface area (Å²) < 4.78 is 19.1. The summed E-state index contributed by atoms with van der Waals surface area (Å²) >= 11 is 5.68. The van der Waals surface area contributed by atoms with E-state index in [0.717, 1.165) is 6.42 Å². The lowest BCUT2D eigenvalue weighted by Crippen LogP contribution is -2.14. The molecule has 1 aliphatic heterocycles. The molecule has 84 valence electrons. The molecule has 0 radical (unpaired) electrons. The highest BCUT2D eigenvalue weighted by Gasteiger charge is 2.25. The maximum atomic E-state index is 13.7. The molecule has 16 heavy (non-hydrogen) atoms. The standard InChI is InChI=1S/C11H9ClFNO2/c12-7-4-9-6(2-1-3-16-9)10(11(7)13)8(15)5-14/h4,8,15H,1-3H2. The number of rotatable bonds is 1. The fraction of sp³-hybridized carbons (Fsp3) is 0.364. The summed E-state index contributed by atoms with van der Waals surface area (Å²) in [6.07, 6.45) is -0.189. The van der Waals surface area contributed by atoms with Gasteiger partial charge in [-0.3, -0.25) is 0 Å². The number of hydrogen-bond donors (Lipinski definition) is 1. The number of nitrogens with zero attached hydrogens (tertiary/aromatic N) is 1. The van der Waals surface area contributed by atoms with Crippen LogP contribution >= 0.6 is 11.6 Å². The Labute approximate surface area is 97.0 Å². The SMILES string of the molecule is N#CC(O)c1c(F)c(Cl)cc2c1CCCO2. The molecule has 0 saturated heterocycles. The van der Waals surface area contributed by atoms with Gasteiger partial charge in [0.2, 0.25) is 0 Å². The van der Waals surface area contributed by atoms with Crippen molar-refractivity contribution < 1.29 is 14.2 Å². The lowest BCUT2D eigenvalue weighted by atomic mass is 9.96. The smallest absolute Gasteiger partial charge is 0.169 e. The fourth-order valence-corrected chi connectivity index (χ4v) is 2.03. The highest BCUT2D eigenvalue weighted by atomic mass is 35.5. The van der Waals surface area contributed by atoms with Crippen molar-refractivity contribution in [1.29, 1.82) is 5.26 Å². The molecular formula is C11H9ClFNO2. The van der Waals surface area contributed by atoms with Crippen LogP contribution in [0.15, 0.2) is 6.07 Å². The minimum Gasteiger partial charge on any atom is -0.493 e. The molecule has 1 atom stereocenters. The van der Waals surface area contributed by atoms with Crippen LogP contribution < -0.4 is 4.74 Å². The van der Waals surface area contributed by atoms with Crippen molar-refractivity contribution >= 4 is 11.6 Å². The third-order valence-electron chi connectivity index (χ3n) is 2.55. The third kappa shape index (κ3) is 1.73. The topological polar surface area (TPSA) is 53.2 Å². The van der Waals surface area contributed by atoms with Gasteiger partial charge in [-0.15, -0.1) is 0 Å². The summed E-state index contributed by atoms with van der Waals surface area (Å²) in [6.45, 7) is 0.539. The summed E-state index contributed by atoms with van der Waals surface area (Å²) in [5.41, 5.74) is 0.493. The van der Waals surface area contributed by atoms with Crippen LogP contribution in [-0.2, 0) is 6.42 Å². The van der Waals surface area contributed by atoms with Gasteiger partial charge < -0.3 is 9.84 Å². The van der Waals surface area contributed by atoms with Crippen LogP contribution in [0.1, 0.15) is 23.7 Å². The van der Waals surface area contributed by atoms with E-state index in [1.807, 2.05) is 0 Å². The Hall–Kier alpha value is -1.31. The first kappa shape index (κ1) is 11.2. The molecule has 0 saturated carbocycles. The lowest BCUT2D eigenvalue weighted by Gasteiger charge is -2.21. The van der Waals surface area contributed by atoms with Crippen LogP contribution in [0, 0.1) is 17.1 Å². The van der Waals surface area contributed by atoms with E-state index >= 15 is 0 Å². The first-order valence-corrected chi connectivity index (χ1v) is 5.24. The Morgan fingerprint density at radius 1 is 1.62 bits per heavy atom. The van der Waals surface area contributed by atoms with Crippen molar-refractivity contribution in [3.63, 3.8) is 0 Å². The largest absolute Gasteiger partial charge is 0.493 e. The van der Waals surface area contributed by atoms with Gasteiger partial charge in [0.05, 0.1) is 17.7 Å². The highest BCUT2D eigenvalue weighted by Crippen LogP contribution is 2.37. The van der Waals surface area contributed by atoms with E-state index < -0.39 is 11.9 Å². The molecule has 1 heterocycles. The van der Waals surface area contributed by atoms with Crippen LogP contribution in [0.3, 0.4) is 0 Å². The van der Waals surface area contributed by atoms with Gasteiger partial charge in [0.25, 0.3) is 0 Å². The van der Waals surface area contributed by atoms with Crippen LogP contribution in [0.2, 0.25) is 5.02 Å². The molecule has 0 spiro atoms. The van der Waals surface area contributed by atoms with Gasteiger partial charge in [0.1, 0.15) is 11.6 Å². The number of hydrogen-bond acceptors (Lipinski definition) is 3. The molecular weight excluding hydrogens is 233 g/mol. The molecule has 1 unspecified atom stereocenters. The number of aliphatic hydroxyl groups excluding tert-OH is 1. The van der Waals surface area contributed by atoms with E-state index in [2.05, 4.69) is 0 Å². The highest BCUT2D eigenvalue weighted by molar-refractivity contribution is 6.31. The number of ether oxygens (including phenoxy) is 1. The second-order valence-electron chi connectivity index (χ2n) is 3.55. The van der Waals surface area contributed by atoms with E-state index in [0.29, 0.717) is 24.3 Å². The van der Waals surface area contributed by atoms with Crippen molar-refractivity contribution in [2.24, 2.45) is 0 Å². The van der Waals surface area contributed by atoms with Crippen LogP contribution in [0.25, 0.3) is 0 Å². The van der Waals surface area contributed by atoms with Crippen LogP contribution in [-0.4, -0.2) is 11.7 Å². The summed E-state index contributed by atoms with van der Waals surface area (Å²) in [6, 6.07) is 2.99. The average Bonchev–Trinajstić information content (AvgIpc) is 2.30. The first-order chi connectivity index (χ1) is 7.65. The molecule has 1 N–H and O–H groups in total. The van der Waals surface area contributed by atoms with Crippen LogP contribution in [0.4, 0.5) is 4.39 Å². The van der Waals surface area contributed by atoms with Crippen molar-refractivity contribution in [1.82, 2.24) is 0 Å². The predicted molar refractivity (Wildman–Crippen MR) is 55.8 cm³/mol. The molecule has 1 aromatic carbocycles. The van der Waals surface area contributed by atoms with Gasteiger partial charge in [-0.2, -0.15) is 5.26 Å². The molecule has 0 fully saturated rings. The lowest BCUT2D eigenvalue weighted by molar-refractivity contribution is 0.223. The van der Waals surface area contributed by atoms with E-state index in [9.17, 15) is 9.50 Å².